The third-order valence-corrected chi connectivity index (χ3v) is 4.86. The van der Waals surface area contributed by atoms with Crippen LogP contribution in [0.15, 0.2) is 83.9 Å². The Morgan fingerprint density at radius 1 is 0.967 bits per heavy atom. The molecule has 1 amide bonds. The molecule has 0 aliphatic heterocycles. The molecule has 0 spiro atoms. The summed E-state index contributed by atoms with van der Waals surface area (Å²) in [4.78, 5) is 20.5. The molecule has 148 valence electrons. The zero-order valence-corrected chi connectivity index (χ0v) is 16.8. The van der Waals surface area contributed by atoms with Gasteiger partial charge in [0.05, 0.1) is 6.20 Å². The number of amides is 1. The largest absolute Gasteiger partial charge is 0.445 e. The molecule has 2 aromatic heterocycles. The van der Waals surface area contributed by atoms with Crippen molar-refractivity contribution >= 4 is 17.7 Å². The van der Waals surface area contributed by atoms with E-state index in [4.69, 9.17) is 4.42 Å². The van der Waals surface area contributed by atoms with Crippen molar-refractivity contribution in [1.82, 2.24) is 9.97 Å². The Morgan fingerprint density at radius 3 is 2.50 bits per heavy atom. The molecule has 0 atom stereocenters. The van der Waals surface area contributed by atoms with Gasteiger partial charge in [-0.05, 0) is 78.1 Å². The SMILES string of the molecule is Cc1cnccc1/C=C/C(=O)Nc1ccc(-c2cc(-c3ncco3)ccc2C)cc1. The summed E-state index contributed by atoms with van der Waals surface area (Å²) in [6.45, 7) is 4.03. The van der Waals surface area contributed by atoms with E-state index in [1.165, 1.54) is 6.08 Å². The van der Waals surface area contributed by atoms with Crippen LogP contribution < -0.4 is 5.32 Å². The fourth-order valence-electron chi connectivity index (χ4n) is 3.19. The van der Waals surface area contributed by atoms with E-state index in [-0.39, 0.29) is 5.91 Å². The molecule has 4 aromatic rings. The van der Waals surface area contributed by atoms with Gasteiger partial charge in [0.15, 0.2) is 0 Å². The van der Waals surface area contributed by atoms with E-state index >= 15 is 0 Å². The van der Waals surface area contributed by atoms with Crippen LogP contribution in [0.4, 0.5) is 5.69 Å². The Morgan fingerprint density at radius 2 is 1.77 bits per heavy atom. The summed E-state index contributed by atoms with van der Waals surface area (Å²) >= 11 is 0. The molecule has 0 aliphatic carbocycles. The van der Waals surface area contributed by atoms with E-state index in [0.717, 1.165) is 39.1 Å². The highest BCUT2D eigenvalue weighted by atomic mass is 16.3. The van der Waals surface area contributed by atoms with E-state index in [1.54, 1.807) is 30.9 Å². The molecule has 0 saturated carbocycles. The van der Waals surface area contributed by atoms with Gasteiger partial charge < -0.3 is 9.73 Å². The van der Waals surface area contributed by atoms with Crippen LogP contribution in [0.5, 0.6) is 0 Å². The van der Waals surface area contributed by atoms with E-state index < -0.39 is 0 Å². The second-order valence-corrected chi connectivity index (χ2v) is 7.00. The first kappa shape index (κ1) is 19.3. The van der Waals surface area contributed by atoms with Crippen molar-refractivity contribution in [3.8, 4) is 22.6 Å². The fraction of sp³-hybridized carbons (Fsp3) is 0.0800. The monoisotopic (exact) mass is 395 g/mol. The second-order valence-electron chi connectivity index (χ2n) is 7.00. The highest BCUT2D eigenvalue weighted by Gasteiger charge is 2.08. The van der Waals surface area contributed by atoms with Crippen LogP contribution in [0, 0.1) is 13.8 Å². The van der Waals surface area contributed by atoms with Gasteiger partial charge >= 0.3 is 0 Å². The third kappa shape index (κ3) is 4.36. The fourth-order valence-corrected chi connectivity index (χ4v) is 3.19. The first-order chi connectivity index (χ1) is 14.6. The number of oxazole rings is 1. The maximum atomic E-state index is 12.3. The molecule has 0 aliphatic rings. The minimum atomic E-state index is -0.180. The maximum absolute atomic E-state index is 12.3. The number of carbonyl (C=O) groups is 1. The quantitative estimate of drug-likeness (QED) is 0.442. The summed E-state index contributed by atoms with van der Waals surface area (Å²) in [5.41, 5.74) is 6.96. The number of carbonyl (C=O) groups excluding carboxylic acids is 1. The zero-order chi connectivity index (χ0) is 20.9. The van der Waals surface area contributed by atoms with Crippen molar-refractivity contribution in [3.63, 3.8) is 0 Å². The molecule has 2 heterocycles. The van der Waals surface area contributed by atoms with Gasteiger partial charge in [-0.2, -0.15) is 0 Å². The smallest absolute Gasteiger partial charge is 0.248 e. The van der Waals surface area contributed by atoms with Crippen LogP contribution in [-0.2, 0) is 4.79 Å². The second kappa shape index (κ2) is 8.57. The summed E-state index contributed by atoms with van der Waals surface area (Å²) < 4.78 is 5.41. The Kier molecular flexibility index (Phi) is 5.52. The van der Waals surface area contributed by atoms with Gasteiger partial charge in [0.1, 0.15) is 6.26 Å². The van der Waals surface area contributed by atoms with Gasteiger partial charge in [-0.15, -0.1) is 0 Å². The number of nitrogens with one attached hydrogen (secondary N) is 1. The molecule has 4 rings (SSSR count). The summed E-state index contributed by atoms with van der Waals surface area (Å²) in [6.07, 6.45) is 10.0. The first-order valence-electron chi connectivity index (χ1n) is 9.61. The lowest BCUT2D eigenvalue weighted by Gasteiger charge is -2.09. The highest BCUT2D eigenvalue weighted by molar-refractivity contribution is 6.02. The van der Waals surface area contributed by atoms with Crippen molar-refractivity contribution in [2.45, 2.75) is 13.8 Å². The van der Waals surface area contributed by atoms with Crippen molar-refractivity contribution in [2.24, 2.45) is 0 Å². The number of aryl methyl sites for hydroxylation is 2. The minimum absolute atomic E-state index is 0.180. The number of rotatable bonds is 5. The molecule has 0 saturated heterocycles. The molecular weight excluding hydrogens is 374 g/mol. The van der Waals surface area contributed by atoms with Crippen LogP contribution in [0.25, 0.3) is 28.7 Å². The number of benzene rings is 2. The molecule has 2 aromatic carbocycles. The van der Waals surface area contributed by atoms with Crippen LogP contribution in [0.1, 0.15) is 16.7 Å². The molecule has 0 unspecified atom stereocenters. The summed E-state index contributed by atoms with van der Waals surface area (Å²) in [5.74, 6) is 0.414. The summed E-state index contributed by atoms with van der Waals surface area (Å²) in [5, 5.41) is 2.89. The van der Waals surface area contributed by atoms with E-state index in [9.17, 15) is 4.79 Å². The minimum Gasteiger partial charge on any atom is -0.445 e. The topological polar surface area (TPSA) is 68.0 Å². The van der Waals surface area contributed by atoms with Gasteiger partial charge in [-0.3, -0.25) is 9.78 Å². The van der Waals surface area contributed by atoms with Crippen molar-refractivity contribution in [3.05, 3.63) is 96.2 Å². The van der Waals surface area contributed by atoms with Gasteiger partial charge in [0, 0.05) is 29.7 Å². The zero-order valence-electron chi connectivity index (χ0n) is 16.8. The van der Waals surface area contributed by atoms with Crippen LogP contribution in [0.3, 0.4) is 0 Å². The van der Waals surface area contributed by atoms with Crippen molar-refractivity contribution < 1.29 is 9.21 Å². The van der Waals surface area contributed by atoms with Gasteiger partial charge in [0.2, 0.25) is 11.8 Å². The number of hydrogen-bond acceptors (Lipinski definition) is 4. The van der Waals surface area contributed by atoms with E-state index in [0.29, 0.717) is 5.89 Å². The normalized spacial score (nSPS) is 11.0. The van der Waals surface area contributed by atoms with E-state index in [1.807, 2.05) is 43.3 Å². The summed E-state index contributed by atoms with van der Waals surface area (Å²) in [7, 11) is 0. The Bertz CT molecular complexity index is 1190. The van der Waals surface area contributed by atoms with Crippen LogP contribution in [-0.4, -0.2) is 15.9 Å². The van der Waals surface area contributed by atoms with Crippen molar-refractivity contribution in [1.29, 1.82) is 0 Å². The Labute approximate surface area is 175 Å². The molecule has 1 N–H and O–H groups in total. The van der Waals surface area contributed by atoms with Gasteiger partial charge in [-0.25, -0.2) is 4.98 Å². The lowest BCUT2D eigenvalue weighted by atomic mass is 9.98. The molecule has 0 fully saturated rings. The van der Waals surface area contributed by atoms with Crippen LogP contribution >= 0.6 is 0 Å². The van der Waals surface area contributed by atoms with E-state index in [2.05, 4.69) is 34.3 Å². The molecule has 0 bridgehead atoms. The van der Waals surface area contributed by atoms with Crippen LogP contribution in [0.2, 0.25) is 0 Å². The molecule has 30 heavy (non-hydrogen) atoms. The number of nitrogens with zero attached hydrogens (tertiary/aromatic N) is 2. The average molecular weight is 395 g/mol. The predicted octanol–water partition coefficient (Wildman–Crippen LogP) is 5.67. The first-order valence-corrected chi connectivity index (χ1v) is 9.61. The number of aromatic nitrogens is 2. The summed E-state index contributed by atoms with van der Waals surface area (Å²) in [6, 6.07) is 15.8. The number of anilines is 1. The average Bonchev–Trinajstić information content (AvgIpc) is 3.29. The molecular formula is C25H21N3O2. The lowest BCUT2D eigenvalue weighted by molar-refractivity contribution is -0.111. The molecule has 0 radical (unpaired) electrons. The highest BCUT2D eigenvalue weighted by Crippen LogP contribution is 2.29. The van der Waals surface area contributed by atoms with Gasteiger partial charge in [-0.1, -0.05) is 18.2 Å². The third-order valence-electron chi connectivity index (χ3n) is 4.86. The lowest BCUT2D eigenvalue weighted by Crippen LogP contribution is -2.07. The maximum Gasteiger partial charge on any atom is 0.248 e. The predicted molar refractivity (Wildman–Crippen MR) is 119 cm³/mol. The van der Waals surface area contributed by atoms with Gasteiger partial charge in [0.25, 0.3) is 0 Å². The van der Waals surface area contributed by atoms with Crippen molar-refractivity contribution in [2.75, 3.05) is 5.32 Å². The number of pyridine rings is 1. The standard InChI is InChI=1S/C25H21N3O2/c1-17-3-4-21(25-27-13-14-30-25)15-23(17)20-5-8-22(9-6-20)28-24(29)10-7-19-11-12-26-16-18(19)2/h3-16H,1-2H3,(H,28,29)/b10-7+. The Balaban J connectivity index is 1.49. The molecule has 5 nitrogen and oxygen atoms in total. The molecule has 5 heteroatoms. The Hall–Kier alpha value is -3.99. The number of hydrogen-bond donors (Lipinski definition) is 1.